The van der Waals surface area contributed by atoms with Gasteiger partial charge in [-0.2, -0.15) is 0 Å². The lowest BCUT2D eigenvalue weighted by molar-refractivity contribution is -0.0301. The number of pyridine rings is 1. The number of nitrogens with zero attached hydrogens (tertiary/aromatic N) is 2. The molecule has 6 heteroatoms. The Kier molecular flexibility index (Phi) is 6.41. The molecule has 1 aromatic heterocycles. The van der Waals surface area contributed by atoms with Crippen LogP contribution in [0.15, 0.2) is 42.6 Å². The Morgan fingerprint density at radius 2 is 2.18 bits per heavy atom. The predicted octanol–water partition coefficient (Wildman–Crippen LogP) is 2.62. The molecule has 0 radical (unpaired) electrons. The average molecular weight is 383 g/mol. The van der Waals surface area contributed by atoms with Crippen LogP contribution in [-0.2, 0) is 17.9 Å². The highest BCUT2D eigenvalue weighted by Gasteiger charge is 2.32. The monoisotopic (exact) mass is 383 g/mol. The van der Waals surface area contributed by atoms with Crippen LogP contribution in [-0.4, -0.2) is 55.4 Å². The predicted molar refractivity (Wildman–Crippen MR) is 108 cm³/mol. The Labute approximate surface area is 166 Å². The highest BCUT2D eigenvalue weighted by atomic mass is 16.5. The lowest BCUT2D eigenvalue weighted by atomic mass is 10.1. The van der Waals surface area contributed by atoms with E-state index in [0.717, 1.165) is 55.0 Å². The average Bonchev–Trinajstić information content (AvgIpc) is 3.59. The summed E-state index contributed by atoms with van der Waals surface area (Å²) < 4.78 is 17.3. The molecule has 1 aliphatic heterocycles. The van der Waals surface area contributed by atoms with Gasteiger partial charge in [0.05, 0.1) is 25.5 Å². The topological polar surface area (TPSA) is 55.9 Å². The Balaban J connectivity index is 1.32. The number of ether oxygens (including phenoxy) is 3. The Bertz CT molecular complexity index is 752. The maximum absolute atomic E-state index is 6.02. The minimum Gasteiger partial charge on any atom is -0.497 e. The van der Waals surface area contributed by atoms with Crippen LogP contribution in [0.3, 0.4) is 0 Å². The fourth-order valence-electron chi connectivity index (χ4n) is 3.60. The Morgan fingerprint density at radius 1 is 1.25 bits per heavy atom. The molecule has 1 aliphatic carbocycles. The molecule has 6 nitrogen and oxygen atoms in total. The second-order valence-electron chi connectivity index (χ2n) is 7.43. The van der Waals surface area contributed by atoms with Crippen molar-refractivity contribution in [1.29, 1.82) is 0 Å². The van der Waals surface area contributed by atoms with Gasteiger partial charge in [-0.05, 0) is 43.2 Å². The van der Waals surface area contributed by atoms with Gasteiger partial charge in [-0.3, -0.25) is 9.88 Å². The maximum Gasteiger partial charge on any atom is 0.130 e. The molecule has 2 aliphatic rings. The molecule has 1 saturated carbocycles. The summed E-state index contributed by atoms with van der Waals surface area (Å²) in [6, 6.07) is 12.6. The lowest BCUT2D eigenvalue weighted by Crippen LogP contribution is -2.47. The third-order valence-corrected chi connectivity index (χ3v) is 5.29. The Hall–Kier alpha value is -2.15. The zero-order valence-electron chi connectivity index (χ0n) is 16.5. The Morgan fingerprint density at radius 3 is 2.96 bits per heavy atom. The summed E-state index contributed by atoms with van der Waals surface area (Å²) in [7, 11) is 1.68. The summed E-state index contributed by atoms with van der Waals surface area (Å²) >= 11 is 0. The van der Waals surface area contributed by atoms with E-state index in [1.807, 2.05) is 36.4 Å². The van der Waals surface area contributed by atoms with E-state index in [4.69, 9.17) is 14.2 Å². The van der Waals surface area contributed by atoms with Crippen molar-refractivity contribution in [2.45, 2.75) is 38.1 Å². The summed E-state index contributed by atoms with van der Waals surface area (Å²) in [5, 5.41) is 3.54. The first-order chi connectivity index (χ1) is 13.8. The summed E-state index contributed by atoms with van der Waals surface area (Å²) in [5.74, 6) is 1.68. The molecule has 1 unspecified atom stereocenters. The highest BCUT2D eigenvalue weighted by Crippen LogP contribution is 2.28. The van der Waals surface area contributed by atoms with E-state index < -0.39 is 0 Å². The summed E-state index contributed by atoms with van der Waals surface area (Å²) in [6.07, 6.45) is 4.73. The van der Waals surface area contributed by atoms with Gasteiger partial charge in [0.25, 0.3) is 0 Å². The molecule has 2 heterocycles. The van der Waals surface area contributed by atoms with Gasteiger partial charge in [-0.15, -0.1) is 0 Å². The van der Waals surface area contributed by atoms with Crippen LogP contribution in [0.4, 0.5) is 0 Å². The standard InChI is InChI=1S/C22H29N3O3/c1-26-20-7-8-22(28-16-18-4-2-3-9-24-18)17(12-20)13-23-14-21-15-25(10-11-27-21)19-5-6-19/h2-4,7-9,12,19,21,23H,5-6,10-11,13-16H2,1H3. The van der Waals surface area contributed by atoms with Gasteiger partial charge < -0.3 is 19.5 Å². The van der Waals surface area contributed by atoms with Crippen LogP contribution >= 0.6 is 0 Å². The molecule has 4 rings (SSSR count). The van der Waals surface area contributed by atoms with Gasteiger partial charge in [0.2, 0.25) is 0 Å². The van der Waals surface area contributed by atoms with Crippen LogP contribution in [0.25, 0.3) is 0 Å². The van der Waals surface area contributed by atoms with Crippen molar-refractivity contribution in [3.63, 3.8) is 0 Å². The molecule has 28 heavy (non-hydrogen) atoms. The minimum absolute atomic E-state index is 0.248. The maximum atomic E-state index is 6.02. The molecule has 0 bridgehead atoms. The highest BCUT2D eigenvalue weighted by molar-refractivity contribution is 5.40. The number of nitrogens with one attached hydrogen (secondary N) is 1. The van der Waals surface area contributed by atoms with E-state index in [1.165, 1.54) is 12.8 Å². The molecule has 0 spiro atoms. The van der Waals surface area contributed by atoms with Crippen molar-refractivity contribution in [3.8, 4) is 11.5 Å². The minimum atomic E-state index is 0.248. The van der Waals surface area contributed by atoms with E-state index in [9.17, 15) is 0 Å². The number of methoxy groups -OCH3 is 1. The smallest absolute Gasteiger partial charge is 0.130 e. The molecule has 1 saturated heterocycles. The van der Waals surface area contributed by atoms with Crippen molar-refractivity contribution in [2.24, 2.45) is 0 Å². The van der Waals surface area contributed by atoms with Gasteiger partial charge in [-0.25, -0.2) is 0 Å². The van der Waals surface area contributed by atoms with Gasteiger partial charge in [-0.1, -0.05) is 6.07 Å². The number of benzene rings is 1. The molecule has 2 fully saturated rings. The largest absolute Gasteiger partial charge is 0.497 e. The van der Waals surface area contributed by atoms with Gasteiger partial charge in [0.1, 0.15) is 18.1 Å². The second kappa shape index (κ2) is 9.37. The van der Waals surface area contributed by atoms with Crippen molar-refractivity contribution in [1.82, 2.24) is 15.2 Å². The number of morpholine rings is 1. The quantitative estimate of drug-likeness (QED) is 0.718. The SMILES string of the molecule is COc1ccc(OCc2ccccn2)c(CNCC2CN(C3CC3)CCO2)c1. The normalized spacial score (nSPS) is 20.1. The first-order valence-electron chi connectivity index (χ1n) is 10.1. The molecule has 150 valence electrons. The van der Waals surface area contributed by atoms with Crippen LogP contribution in [0.2, 0.25) is 0 Å². The van der Waals surface area contributed by atoms with Gasteiger partial charge >= 0.3 is 0 Å². The van der Waals surface area contributed by atoms with Crippen LogP contribution < -0.4 is 14.8 Å². The van der Waals surface area contributed by atoms with E-state index in [0.29, 0.717) is 13.2 Å². The third kappa shape index (κ3) is 5.22. The van der Waals surface area contributed by atoms with Crippen LogP contribution in [0.1, 0.15) is 24.1 Å². The lowest BCUT2D eigenvalue weighted by Gasteiger charge is -2.33. The fraction of sp³-hybridized carbons (Fsp3) is 0.500. The summed E-state index contributed by atoms with van der Waals surface area (Å²) in [5.41, 5.74) is 1.98. The first kappa shape index (κ1) is 19.2. The van der Waals surface area contributed by atoms with E-state index in [1.54, 1.807) is 13.3 Å². The molecule has 1 aromatic carbocycles. The van der Waals surface area contributed by atoms with Gasteiger partial charge in [0.15, 0.2) is 0 Å². The number of hydrogen-bond acceptors (Lipinski definition) is 6. The fourth-order valence-corrected chi connectivity index (χ4v) is 3.60. The van der Waals surface area contributed by atoms with Crippen molar-refractivity contribution in [3.05, 3.63) is 53.9 Å². The van der Waals surface area contributed by atoms with Crippen molar-refractivity contribution in [2.75, 3.05) is 33.4 Å². The van der Waals surface area contributed by atoms with Crippen LogP contribution in [0.5, 0.6) is 11.5 Å². The van der Waals surface area contributed by atoms with E-state index in [-0.39, 0.29) is 6.10 Å². The van der Waals surface area contributed by atoms with Crippen molar-refractivity contribution >= 4 is 0 Å². The van der Waals surface area contributed by atoms with Crippen LogP contribution in [0, 0.1) is 0 Å². The molecule has 1 atom stereocenters. The first-order valence-corrected chi connectivity index (χ1v) is 10.1. The van der Waals surface area contributed by atoms with Crippen molar-refractivity contribution < 1.29 is 14.2 Å². The van der Waals surface area contributed by atoms with E-state index in [2.05, 4.69) is 15.2 Å². The zero-order valence-corrected chi connectivity index (χ0v) is 16.5. The number of rotatable bonds is 9. The zero-order chi connectivity index (χ0) is 19.2. The molecule has 2 aromatic rings. The number of hydrogen-bond donors (Lipinski definition) is 1. The third-order valence-electron chi connectivity index (χ3n) is 5.29. The second-order valence-corrected chi connectivity index (χ2v) is 7.43. The van der Waals surface area contributed by atoms with E-state index >= 15 is 0 Å². The summed E-state index contributed by atoms with van der Waals surface area (Å²) in [4.78, 5) is 6.89. The molecule has 0 amide bonds. The molecular weight excluding hydrogens is 354 g/mol. The molecular formula is C22H29N3O3. The molecule has 1 N–H and O–H groups in total. The summed E-state index contributed by atoms with van der Waals surface area (Å²) in [6.45, 7) is 4.92. The number of aromatic nitrogens is 1. The van der Waals surface area contributed by atoms with Gasteiger partial charge in [0, 0.05) is 44.0 Å².